The van der Waals surface area contributed by atoms with Gasteiger partial charge in [-0.05, 0) is 42.3 Å². The fraction of sp³-hybridized carbons (Fsp3) is 0.250. The van der Waals surface area contributed by atoms with Crippen molar-refractivity contribution >= 4 is 16.7 Å². The van der Waals surface area contributed by atoms with E-state index in [0.717, 1.165) is 27.6 Å². The first kappa shape index (κ1) is 20.2. The van der Waals surface area contributed by atoms with Gasteiger partial charge in [0.15, 0.2) is 0 Å². The van der Waals surface area contributed by atoms with E-state index in [1.807, 2.05) is 61.5 Å². The van der Waals surface area contributed by atoms with E-state index >= 15 is 0 Å². The first-order valence-electron chi connectivity index (χ1n) is 9.55. The van der Waals surface area contributed by atoms with Crippen molar-refractivity contribution in [1.82, 2.24) is 5.32 Å². The number of nitrogens with one attached hydrogen (secondary N) is 1. The van der Waals surface area contributed by atoms with Crippen LogP contribution in [0.1, 0.15) is 23.1 Å². The molecule has 0 unspecified atom stereocenters. The van der Waals surface area contributed by atoms with Crippen LogP contribution in [0, 0.1) is 25.2 Å². The second-order valence-corrected chi connectivity index (χ2v) is 6.84. The van der Waals surface area contributed by atoms with Crippen molar-refractivity contribution in [2.45, 2.75) is 26.8 Å². The smallest absolute Gasteiger partial charge is 0.234 e. The van der Waals surface area contributed by atoms with Gasteiger partial charge in [-0.3, -0.25) is 4.79 Å². The van der Waals surface area contributed by atoms with Gasteiger partial charge in [-0.25, -0.2) is 0 Å². The Morgan fingerprint density at radius 3 is 2.48 bits per heavy atom. The molecule has 0 fully saturated rings. The summed E-state index contributed by atoms with van der Waals surface area (Å²) in [5.74, 6) is 1.25. The van der Waals surface area contributed by atoms with Gasteiger partial charge < -0.3 is 14.8 Å². The van der Waals surface area contributed by atoms with Crippen LogP contribution in [0.15, 0.2) is 54.6 Å². The molecule has 1 amide bonds. The minimum atomic E-state index is -0.301. The van der Waals surface area contributed by atoms with Crippen LogP contribution in [0.5, 0.6) is 11.5 Å². The SMILES string of the molecule is Cc1ccc(OCCOc2ccc3ccccc3c2CNC(=O)CC#N)c(C)c1. The fourth-order valence-electron chi connectivity index (χ4n) is 3.22. The highest BCUT2D eigenvalue weighted by Gasteiger charge is 2.11. The Labute approximate surface area is 170 Å². The molecule has 0 aromatic heterocycles. The second-order valence-electron chi connectivity index (χ2n) is 6.84. The Balaban J connectivity index is 1.70. The molecule has 0 bridgehead atoms. The average molecular weight is 388 g/mol. The lowest BCUT2D eigenvalue weighted by molar-refractivity contribution is -0.120. The molecule has 0 heterocycles. The summed E-state index contributed by atoms with van der Waals surface area (Å²) >= 11 is 0. The van der Waals surface area contributed by atoms with Gasteiger partial charge in [-0.15, -0.1) is 0 Å². The Morgan fingerprint density at radius 2 is 1.72 bits per heavy atom. The Hall–Kier alpha value is -3.52. The molecule has 0 aliphatic carbocycles. The predicted molar refractivity (Wildman–Crippen MR) is 113 cm³/mol. The van der Waals surface area contributed by atoms with E-state index in [2.05, 4.69) is 18.3 Å². The third kappa shape index (κ3) is 5.26. The number of amides is 1. The molecule has 5 heteroatoms. The van der Waals surface area contributed by atoms with Crippen molar-refractivity contribution in [3.63, 3.8) is 0 Å². The summed E-state index contributed by atoms with van der Waals surface area (Å²) in [6.45, 7) is 5.17. The number of ether oxygens (including phenoxy) is 2. The lowest BCUT2D eigenvalue weighted by atomic mass is 10.0. The quantitative estimate of drug-likeness (QED) is 0.579. The molecule has 0 radical (unpaired) electrons. The van der Waals surface area contributed by atoms with Crippen molar-refractivity contribution in [2.75, 3.05) is 13.2 Å². The Morgan fingerprint density at radius 1 is 1.00 bits per heavy atom. The Bertz CT molecular complexity index is 1050. The number of rotatable bonds is 8. The lowest BCUT2D eigenvalue weighted by Crippen LogP contribution is -2.22. The number of hydrogen-bond donors (Lipinski definition) is 1. The molecule has 29 heavy (non-hydrogen) atoms. The fourth-order valence-corrected chi connectivity index (χ4v) is 3.22. The summed E-state index contributed by atoms with van der Waals surface area (Å²) in [7, 11) is 0. The van der Waals surface area contributed by atoms with E-state index in [9.17, 15) is 4.79 Å². The first-order valence-corrected chi connectivity index (χ1v) is 9.55. The maximum atomic E-state index is 11.7. The molecule has 3 rings (SSSR count). The zero-order valence-electron chi connectivity index (χ0n) is 16.7. The van der Waals surface area contributed by atoms with Crippen molar-refractivity contribution in [3.8, 4) is 17.6 Å². The van der Waals surface area contributed by atoms with E-state index in [4.69, 9.17) is 14.7 Å². The number of benzene rings is 3. The maximum absolute atomic E-state index is 11.7. The number of carbonyl (C=O) groups excluding carboxylic acids is 1. The number of nitriles is 1. The summed E-state index contributed by atoms with van der Waals surface area (Å²) in [6, 6.07) is 19.8. The minimum absolute atomic E-state index is 0.162. The number of aryl methyl sites for hydroxylation is 2. The molecule has 148 valence electrons. The molecule has 0 saturated carbocycles. The van der Waals surface area contributed by atoms with E-state index < -0.39 is 0 Å². The molecular weight excluding hydrogens is 364 g/mol. The largest absolute Gasteiger partial charge is 0.490 e. The molecule has 0 spiro atoms. The standard InChI is InChI=1S/C24H24N2O3/c1-17-7-9-22(18(2)15-17)28-13-14-29-23-10-8-19-5-3-4-6-20(19)21(23)16-26-24(27)11-12-25/h3-10,15H,11,13-14,16H2,1-2H3,(H,26,27). The van der Waals surface area contributed by atoms with Crippen LogP contribution < -0.4 is 14.8 Å². The van der Waals surface area contributed by atoms with E-state index in [1.54, 1.807) is 0 Å². The summed E-state index contributed by atoms with van der Waals surface area (Å²) in [6.07, 6.45) is -0.162. The van der Waals surface area contributed by atoms with Crippen LogP contribution in [0.3, 0.4) is 0 Å². The molecule has 0 aliphatic rings. The van der Waals surface area contributed by atoms with Crippen LogP contribution >= 0.6 is 0 Å². The summed E-state index contributed by atoms with van der Waals surface area (Å²) in [5.41, 5.74) is 3.18. The van der Waals surface area contributed by atoms with Crippen molar-refractivity contribution in [3.05, 3.63) is 71.3 Å². The highest BCUT2D eigenvalue weighted by molar-refractivity contribution is 5.88. The predicted octanol–water partition coefficient (Wildman–Crippen LogP) is 4.44. The second kappa shape index (κ2) is 9.61. The van der Waals surface area contributed by atoms with E-state index in [-0.39, 0.29) is 12.3 Å². The molecule has 0 saturated heterocycles. The normalized spacial score (nSPS) is 10.4. The maximum Gasteiger partial charge on any atom is 0.234 e. The van der Waals surface area contributed by atoms with Gasteiger partial charge in [0, 0.05) is 12.1 Å². The highest BCUT2D eigenvalue weighted by Crippen LogP contribution is 2.28. The molecule has 1 N–H and O–H groups in total. The first-order chi connectivity index (χ1) is 14.1. The van der Waals surface area contributed by atoms with Crippen molar-refractivity contribution in [2.24, 2.45) is 0 Å². The van der Waals surface area contributed by atoms with Crippen molar-refractivity contribution in [1.29, 1.82) is 5.26 Å². The average Bonchev–Trinajstić information content (AvgIpc) is 2.71. The molecule has 3 aromatic rings. The third-order valence-electron chi connectivity index (χ3n) is 4.63. The summed E-state index contributed by atoms with van der Waals surface area (Å²) in [5, 5.41) is 13.5. The van der Waals surface area contributed by atoms with Gasteiger partial charge in [0.05, 0.1) is 6.07 Å². The number of hydrogen-bond acceptors (Lipinski definition) is 4. The zero-order valence-corrected chi connectivity index (χ0v) is 16.7. The topological polar surface area (TPSA) is 71.3 Å². The van der Waals surface area contributed by atoms with Gasteiger partial charge in [0.2, 0.25) is 5.91 Å². The third-order valence-corrected chi connectivity index (χ3v) is 4.63. The summed E-state index contributed by atoms with van der Waals surface area (Å²) in [4.78, 5) is 11.7. The molecule has 5 nitrogen and oxygen atoms in total. The molecule has 3 aromatic carbocycles. The van der Waals surface area contributed by atoms with E-state index in [0.29, 0.717) is 25.5 Å². The van der Waals surface area contributed by atoms with E-state index in [1.165, 1.54) is 5.56 Å². The van der Waals surface area contributed by atoms with Gasteiger partial charge in [0.25, 0.3) is 0 Å². The van der Waals surface area contributed by atoms with Crippen LogP contribution in [-0.2, 0) is 11.3 Å². The van der Waals surface area contributed by atoms with Gasteiger partial charge in [0.1, 0.15) is 31.1 Å². The molecule has 0 aliphatic heterocycles. The number of fused-ring (bicyclic) bond motifs is 1. The van der Waals surface area contributed by atoms with Crippen LogP contribution in [-0.4, -0.2) is 19.1 Å². The van der Waals surface area contributed by atoms with Gasteiger partial charge in [-0.1, -0.05) is 48.0 Å². The lowest BCUT2D eigenvalue weighted by Gasteiger charge is -2.16. The summed E-state index contributed by atoms with van der Waals surface area (Å²) < 4.78 is 11.8. The van der Waals surface area contributed by atoms with Crippen molar-refractivity contribution < 1.29 is 14.3 Å². The minimum Gasteiger partial charge on any atom is -0.490 e. The van der Waals surface area contributed by atoms with Crippen LogP contribution in [0.4, 0.5) is 0 Å². The zero-order chi connectivity index (χ0) is 20.6. The van der Waals surface area contributed by atoms with Gasteiger partial charge in [-0.2, -0.15) is 5.26 Å². The van der Waals surface area contributed by atoms with Crippen LogP contribution in [0.2, 0.25) is 0 Å². The molecule has 0 atom stereocenters. The van der Waals surface area contributed by atoms with Crippen LogP contribution in [0.25, 0.3) is 10.8 Å². The number of carbonyl (C=O) groups is 1. The highest BCUT2D eigenvalue weighted by atomic mass is 16.5. The monoisotopic (exact) mass is 388 g/mol. The van der Waals surface area contributed by atoms with Gasteiger partial charge >= 0.3 is 0 Å². The number of nitrogens with zero attached hydrogens (tertiary/aromatic N) is 1. The Kier molecular flexibility index (Phi) is 6.70. The molecular formula is C24H24N2O3.